The number of imidazole rings is 1. The minimum atomic E-state index is -0.0563. The van der Waals surface area contributed by atoms with Crippen LogP contribution in [0.25, 0.3) is 10.9 Å². The summed E-state index contributed by atoms with van der Waals surface area (Å²) < 4.78 is 1.99. The number of aryl methyl sites for hydroxylation is 1. The first-order chi connectivity index (χ1) is 10.3. The molecule has 0 spiro atoms. The number of fused-ring (bicyclic) bond motifs is 1. The van der Waals surface area contributed by atoms with Crippen molar-refractivity contribution in [3.05, 3.63) is 60.8 Å². The highest BCUT2D eigenvalue weighted by Crippen LogP contribution is 2.16. The molecule has 2 heterocycles. The first-order valence-electron chi connectivity index (χ1n) is 6.92. The van der Waals surface area contributed by atoms with Crippen molar-refractivity contribution in [2.75, 3.05) is 6.54 Å². The fourth-order valence-electron chi connectivity index (χ4n) is 2.28. The van der Waals surface area contributed by atoms with Gasteiger partial charge in [0.1, 0.15) is 0 Å². The van der Waals surface area contributed by atoms with Gasteiger partial charge in [0, 0.05) is 42.6 Å². The lowest BCUT2D eigenvalue weighted by Crippen LogP contribution is -2.25. The second-order valence-corrected chi connectivity index (χ2v) is 4.79. The average Bonchev–Trinajstić information content (AvgIpc) is 3.04. The summed E-state index contributed by atoms with van der Waals surface area (Å²) in [6, 6.07) is 9.36. The maximum atomic E-state index is 12.3. The Morgan fingerprint density at radius 3 is 3.00 bits per heavy atom. The molecule has 0 atom stereocenters. The molecule has 1 aromatic carbocycles. The van der Waals surface area contributed by atoms with Crippen LogP contribution < -0.4 is 5.32 Å². The third-order valence-corrected chi connectivity index (χ3v) is 3.33. The van der Waals surface area contributed by atoms with Crippen LogP contribution in [0, 0.1) is 0 Å². The molecule has 0 unspecified atom stereocenters. The van der Waals surface area contributed by atoms with E-state index in [4.69, 9.17) is 0 Å². The third-order valence-electron chi connectivity index (χ3n) is 3.33. The topological polar surface area (TPSA) is 59.8 Å². The lowest BCUT2D eigenvalue weighted by Gasteiger charge is -2.08. The number of carbonyl (C=O) groups excluding carboxylic acids is 1. The van der Waals surface area contributed by atoms with Crippen LogP contribution in [0.15, 0.2) is 55.2 Å². The van der Waals surface area contributed by atoms with Gasteiger partial charge in [-0.25, -0.2) is 4.98 Å². The minimum absolute atomic E-state index is 0.0563. The zero-order chi connectivity index (χ0) is 14.5. The summed E-state index contributed by atoms with van der Waals surface area (Å²) >= 11 is 0. The molecule has 0 aliphatic carbocycles. The molecule has 1 amide bonds. The Bertz CT molecular complexity index is 732. The van der Waals surface area contributed by atoms with Gasteiger partial charge in [-0.2, -0.15) is 0 Å². The van der Waals surface area contributed by atoms with E-state index in [2.05, 4.69) is 15.3 Å². The zero-order valence-corrected chi connectivity index (χ0v) is 11.6. The predicted octanol–water partition coefficient (Wildman–Crippen LogP) is 2.25. The van der Waals surface area contributed by atoms with Crippen molar-refractivity contribution in [1.29, 1.82) is 0 Å². The van der Waals surface area contributed by atoms with Crippen molar-refractivity contribution in [1.82, 2.24) is 19.9 Å². The normalized spacial score (nSPS) is 10.7. The molecule has 0 bridgehead atoms. The molecule has 5 heteroatoms. The van der Waals surface area contributed by atoms with Gasteiger partial charge in [0.25, 0.3) is 5.91 Å². The molecule has 5 nitrogen and oxygen atoms in total. The van der Waals surface area contributed by atoms with Crippen LogP contribution in [0.5, 0.6) is 0 Å². The van der Waals surface area contributed by atoms with Gasteiger partial charge in [-0.15, -0.1) is 0 Å². The van der Waals surface area contributed by atoms with E-state index in [1.807, 2.05) is 41.1 Å². The van der Waals surface area contributed by atoms with Crippen molar-refractivity contribution in [2.24, 2.45) is 0 Å². The summed E-state index contributed by atoms with van der Waals surface area (Å²) in [4.78, 5) is 20.5. The van der Waals surface area contributed by atoms with Gasteiger partial charge >= 0.3 is 0 Å². The maximum absolute atomic E-state index is 12.3. The van der Waals surface area contributed by atoms with Gasteiger partial charge in [0.05, 0.1) is 11.8 Å². The Hall–Kier alpha value is -2.69. The number of rotatable bonds is 5. The average molecular weight is 280 g/mol. The molecule has 0 aliphatic rings. The highest BCUT2D eigenvalue weighted by molar-refractivity contribution is 6.06. The van der Waals surface area contributed by atoms with Crippen molar-refractivity contribution in [2.45, 2.75) is 13.0 Å². The largest absolute Gasteiger partial charge is 0.352 e. The number of pyridine rings is 1. The number of benzene rings is 1. The van der Waals surface area contributed by atoms with E-state index in [-0.39, 0.29) is 5.91 Å². The molecule has 2 aromatic heterocycles. The molecule has 21 heavy (non-hydrogen) atoms. The van der Waals surface area contributed by atoms with Crippen molar-refractivity contribution in [3.63, 3.8) is 0 Å². The fourth-order valence-corrected chi connectivity index (χ4v) is 2.28. The quantitative estimate of drug-likeness (QED) is 0.729. The van der Waals surface area contributed by atoms with Crippen molar-refractivity contribution in [3.8, 4) is 0 Å². The summed E-state index contributed by atoms with van der Waals surface area (Å²) in [6.45, 7) is 1.48. The Morgan fingerprint density at radius 2 is 2.14 bits per heavy atom. The Kier molecular flexibility index (Phi) is 3.91. The number of aromatic nitrogens is 3. The van der Waals surface area contributed by atoms with Crippen LogP contribution in [0.2, 0.25) is 0 Å². The Balaban J connectivity index is 1.62. The van der Waals surface area contributed by atoms with Gasteiger partial charge < -0.3 is 9.88 Å². The van der Waals surface area contributed by atoms with Gasteiger partial charge in [0.2, 0.25) is 0 Å². The van der Waals surface area contributed by atoms with Crippen LogP contribution in [0.3, 0.4) is 0 Å². The smallest absolute Gasteiger partial charge is 0.251 e. The molecule has 3 aromatic rings. The molecule has 106 valence electrons. The molecular weight excluding hydrogens is 264 g/mol. The lowest BCUT2D eigenvalue weighted by molar-refractivity contribution is 0.0954. The molecule has 1 N–H and O–H groups in total. The number of hydrogen-bond donors (Lipinski definition) is 1. The second kappa shape index (κ2) is 6.17. The Morgan fingerprint density at radius 1 is 1.19 bits per heavy atom. The SMILES string of the molecule is O=C(NCCCn1ccnc1)c1cccc2ncccc12. The highest BCUT2D eigenvalue weighted by Gasteiger charge is 2.09. The van der Waals surface area contributed by atoms with Crippen LogP contribution in [0.4, 0.5) is 0 Å². The van der Waals surface area contributed by atoms with Gasteiger partial charge in [-0.3, -0.25) is 9.78 Å². The van der Waals surface area contributed by atoms with E-state index in [0.717, 1.165) is 23.9 Å². The third kappa shape index (κ3) is 3.08. The monoisotopic (exact) mass is 280 g/mol. The molecule has 0 radical (unpaired) electrons. The van der Waals surface area contributed by atoms with Crippen LogP contribution in [0.1, 0.15) is 16.8 Å². The van der Waals surface area contributed by atoms with E-state index in [1.54, 1.807) is 18.7 Å². The van der Waals surface area contributed by atoms with E-state index in [0.29, 0.717) is 12.1 Å². The molecule has 3 rings (SSSR count). The fraction of sp³-hybridized carbons (Fsp3) is 0.188. The van der Waals surface area contributed by atoms with Crippen molar-refractivity contribution < 1.29 is 4.79 Å². The van der Waals surface area contributed by atoms with Crippen LogP contribution in [-0.4, -0.2) is 27.0 Å². The number of nitrogens with zero attached hydrogens (tertiary/aromatic N) is 3. The maximum Gasteiger partial charge on any atom is 0.251 e. The summed E-state index contributed by atoms with van der Waals surface area (Å²) in [5.74, 6) is -0.0563. The number of carbonyl (C=O) groups is 1. The molecule has 0 saturated heterocycles. The predicted molar refractivity (Wildman–Crippen MR) is 80.9 cm³/mol. The summed E-state index contributed by atoms with van der Waals surface area (Å²) in [5.41, 5.74) is 1.51. The zero-order valence-electron chi connectivity index (χ0n) is 11.6. The molecule has 0 saturated carbocycles. The lowest BCUT2D eigenvalue weighted by atomic mass is 10.1. The van der Waals surface area contributed by atoms with Crippen LogP contribution >= 0.6 is 0 Å². The summed E-state index contributed by atoms with van der Waals surface area (Å²) in [6.07, 6.45) is 8.04. The van der Waals surface area contributed by atoms with E-state index in [1.165, 1.54) is 0 Å². The molecular formula is C16H16N4O. The number of hydrogen-bond acceptors (Lipinski definition) is 3. The summed E-state index contributed by atoms with van der Waals surface area (Å²) in [7, 11) is 0. The van der Waals surface area contributed by atoms with Crippen LogP contribution in [-0.2, 0) is 6.54 Å². The molecule has 0 aliphatic heterocycles. The van der Waals surface area contributed by atoms with E-state index >= 15 is 0 Å². The van der Waals surface area contributed by atoms with E-state index < -0.39 is 0 Å². The highest BCUT2D eigenvalue weighted by atomic mass is 16.1. The number of amides is 1. The second-order valence-electron chi connectivity index (χ2n) is 4.79. The minimum Gasteiger partial charge on any atom is -0.352 e. The first-order valence-corrected chi connectivity index (χ1v) is 6.92. The number of nitrogens with one attached hydrogen (secondary N) is 1. The van der Waals surface area contributed by atoms with Gasteiger partial charge in [0.15, 0.2) is 0 Å². The van der Waals surface area contributed by atoms with Gasteiger partial charge in [-0.1, -0.05) is 12.1 Å². The van der Waals surface area contributed by atoms with Crippen molar-refractivity contribution >= 4 is 16.8 Å². The van der Waals surface area contributed by atoms with Gasteiger partial charge in [-0.05, 0) is 24.6 Å². The van der Waals surface area contributed by atoms with E-state index in [9.17, 15) is 4.79 Å². The Labute approximate surface area is 122 Å². The first kappa shape index (κ1) is 13.3. The standard InChI is InChI=1S/C16H16N4O/c21-16(19-8-3-10-20-11-9-17-12-20)14-4-1-6-15-13(14)5-2-7-18-15/h1-2,4-7,9,11-12H,3,8,10H2,(H,19,21). The molecule has 0 fully saturated rings. The summed E-state index contributed by atoms with van der Waals surface area (Å²) in [5, 5.41) is 3.83.